The molecule has 0 atom stereocenters. The Morgan fingerprint density at radius 1 is 0.571 bits per heavy atom. The zero-order valence-corrected chi connectivity index (χ0v) is 22.2. The van der Waals surface area contributed by atoms with E-state index in [9.17, 15) is 4.79 Å². The van der Waals surface area contributed by atoms with Gasteiger partial charge in [-0.1, -0.05) is 101 Å². The van der Waals surface area contributed by atoms with Crippen molar-refractivity contribution in [2.75, 3.05) is 52.9 Å². The van der Waals surface area contributed by atoms with E-state index in [2.05, 4.69) is 6.92 Å². The van der Waals surface area contributed by atoms with Gasteiger partial charge < -0.3 is 23.7 Å². The smallest absolute Gasteiger partial charge is 0.305 e. The van der Waals surface area contributed by atoms with E-state index in [0.29, 0.717) is 65.9 Å². The van der Waals surface area contributed by atoms with Crippen molar-refractivity contribution in [2.24, 2.45) is 0 Å². The summed E-state index contributed by atoms with van der Waals surface area (Å²) in [5.41, 5.74) is 1.16. The minimum atomic E-state index is -0.120. The monoisotopic (exact) mass is 494 g/mol. The first kappa shape index (κ1) is 31.6. The molecule has 0 aliphatic carbocycles. The molecule has 0 saturated heterocycles. The van der Waals surface area contributed by atoms with E-state index in [4.69, 9.17) is 23.7 Å². The summed E-state index contributed by atoms with van der Waals surface area (Å²) in [5, 5.41) is 0. The highest BCUT2D eigenvalue weighted by molar-refractivity contribution is 5.69. The Labute approximate surface area is 214 Å². The van der Waals surface area contributed by atoms with Crippen LogP contribution in [-0.2, 0) is 35.1 Å². The molecule has 35 heavy (non-hydrogen) atoms. The van der Waals surface area contributed by atoms with E-state index >= 15 is 0 Å². The van der Waals surface area contributed by atoms with Crippen molar-refractivity contribution in [3.63, 3.8) is 0 Å². The van der Waals surface area contributed by atoms with Crippen molar-refractivity contribution >= 4 is 5.97 Å². The Morgan fingerprint density at radius 2 is 1.03 bits per heavy atom. The van der Waals surface area contributed by atoms with Crippen molar-refractivity contribution in [1.82, 2.24) is 0 Å². The average molecular weight is 495 g/mol. The maximum Gasteiger partial charge on any atom is 0.305 e. The molecule has 202 valence electrons. The number of benzene rings is 1. The van der Waals surface area contributed by atoms with Gasteiger partial charge in [0.05, 0.1) is 52.9 Å². The first-order valence-corrected chi connectivity index (χ1v) is 13.8. The number of esters is 1. The van der Waals surface area contributed by atoms with Crippen LogP contribution in [0.3, 0.4) is 0 Å². The van der Waals surface area contributed by atoms with Crippen molar-refractivity contribution < 1.29 is 28.5 Å². The van der Waals surface area contributed by atoms with Gasteiger partial charge in [0.1, 0.15) is 6.61 Å². The van der Waals surface area contributed by atoms with E-state index in [1.165, 1.54) is 57.8 Å². The van der Waals surface area contributed by atoms with E-state index in [0.717, 1.165) is 18.4 Å². The van der Waals surface area contributed by atoms with Crippen LogP contribution in [0.2, 0.25) is 0 Å². The van der Waals surface area contributed by atoms with Crippen molar-refractivity contribution in [2.45, 2.75) is 90.6 Å². The van der Waals surface area contributed by atoms with E-state index in [1.807, 2.05) is 30.3 Å². The summed E-state index contributed by atoms with van der Waals surface area (Å²) in [5.74, 6) is -0.120. The van der Waals surface area contributed by atoms with Gasteiger partial charge in [-0.2, -0.15) is 0 Å². The van der Waals surface area contributed by atoms with Crippen molar-refractivity contribution in [1.29, 1.82) is 0 Å². The Hall–Kier alpha value is -1.47. The van der Waals surface area contributed by atoms with Crippen LogP contribution in [0.15, 0.2) is 30.3 Å². The largest absolute Gasteiger partial charge is 0.463 e. The first-order chi connectivity index (χ1) is 17.3. The Balaban J connectivity index is 1.70. The third-order valence-corrected chi connectivity index (χ3v) is 5.70. The maximum atomic E-state index is 11.8. The van der Waals surface area contributed by atoms with Gasteiger partial charge in [0, 0.05) is 6.42 Å². The highest BCUT2D eigenvalue weighted by atomic mass is 16.6. The lowest BCUT2D eigenvalue weighted by Crippen LogP contribution is -2.14. The molecule has 0 unspecified atom stereocenters. The van der Waals surface area contributed by atoms with Crippen molar-refractivity contribution in [3.05, 3.63) is 35.9 Å². The predicted molar refractivity (Wildman–Crippen MR) is 141 cm³/mol. The van der Waals surface area contributed by atoms with E-state index < -0.39 is 0 Å². The molecule has 0 radical (unpaired) electrons. The summed E-state index contributed by atoms with van der Waals surface area (Å²) in [6, 6.07) is 10.1. The molecule has 0 aliphatic rings. The molecular weight excluding hydrogens is 444 g/mol. The van der Waals surface area contributed by atoms with Gasteiger partial charge in [-0.15, -0.1) is 0 Å². The quantitative estimate of drug-likeness (QED) is 0.108. The van der Waals surface area contributed by atoms with Crippen LogP contribution >= 0.6 is 0 Å². The second kappa shape index (κ2) is 25.6. The molecule has 1 aromatic rings. The highest BCUT2D eigenvalue weighted by Gasteiger charge is 2.02. The van der Waals surface area contributed by atoms with E-state index in [1.54, 1.807) is 0 Å². The third kappa shape index (κ3) is 22.7. The Morgan fingerprint density at radius 3 is 1.57 bits per heavy atom. The lowest BCUT2D eigenvalue weighted by Gasteiger charge is -2.08. The van der Waals surface area contributed by atoms with E-state index in [-0.39, 0.29) is 5.97 Å². The standard InChI is InChI=1S/C29H50O6/c1-2-3-4-5-6-7-8-9-10-11-15-18-29(30)35-26-25-33-22-21-31-19-20-32-23-24-34-27-28-16-13-12-14-17-28/h12-14,16-17H,2-11,15,18-27H2,1H3. The topological polar surface area (TPSA) is 63.2 Å². The van der Waals surface area contributed by atoms with Crippen LogP contribution in [0.1, 0.15) is 89.5 Å². The van der Waals surface area contributed by atoms with Gasteiger partial charge in [0.15, 0.2) is 0 Å². The first-order valence-electron chi connectivity index (χ1n) is 13.8. The lowest BCUT2D eigenvalue weighted by atomic mass is 10.1. The summed E-state index contributed by atoms with van der Waals surface area (Å²) in [4.78, 5) is 11.8. The summed E-state index contributed by atoms with van der Waals surface area (Å²) < 4.78 is 27.1. The maximum absolute atomic E-state index is 11.8. The normalized spacial score (nSPS) is 11.1. The molecule has 1 aromatic carbocycles. The molecule has 1 rings (SSSR count). The van der Waals surface area contributed by atoms with Crippen LogP contribution in [0.5, 0.6) is 0 Å². The van der Waals surface area contributed by atoms with Crippen LogP contribution < -0.4 is 0 Å². The molecule has 6 heteroatoms. The molecule has 0 amide bonds. The lowest BCUT2D eigenvalue weighted by molar-refractivity contribution is -0.145. The van der Waals surface area contributed by atoms with Gasteiger partial charge in [0.25, 0.3) is 0 Å². The minimum absolute atomic E-state index is 0.120. The van der Waals surface area contributed by atoms with Gasteiger partial charge >= 0.3 is 5.97 Å². The number of rotatable bonds is 26. The second-order valence-corrected chi connectivity index (χ2v) is 8.88. The molecule has 0 bridgehead atoms. The average Bonchev–Trinajstić information content (AvgIpc) is 2.88. The fraction of sp³-hybridized carbons (Fsp3) is 0.759. The highest BCUT2D eigenvalue weighted by Crippen LogP contribution is 2.12. The second-order valence-electron chi connectivity index (χ2n) is 8.88. The summed E-state index contributed by atoms with van der Waals surface area (Å²) >= 11 is 0. The number of unbranched alkanes of at least 4 members (excludes halogenated alkanes) is 10. The molecule has 0 aliphatic heterocycles. The minimum Gasteiger partial charge on any atom is -0.463 e. The summed E-state index contributed by atoms with van der Waals surface area (Å²) in [7, 11) is 0. The van der Waals surface area contributed by atoms with Crippen LogP contribution in [0.4, 0.5) is 0 Å². The molecule has 0 spiro atoms. The summed E-state index contributed by atoms with van der Waals surface area (Å²) in [6.45, 7) is 6.73. The summed E-state index contributed by atoms with van der Waals surface area (Å²) in [6.07, 6.45) is 14.6. The fourth-order valence-electron chi connectivity index (χ4n) is 3.64. The fourth-order valence-corrected chi connectivity index (χ4v) is 3.64. The Bertz CT molecular complexity index is 566. The van der Waals surface area contributed by atoms with Crippen molar-refractivity contribution in [3.8, 4) is 0 Å². The van der Waals surface area contributed by atoms with Gasteiger partial charge in [0.2, 0.25) is 0 Å². The Kier molecular flexibility index (Phi) is 23.1. The molecule has 6 nitrogen and oxygen atoms in total. The number of carbonyl (C=O) groups is 1. The van der Waals surface area contributed by atoms with Gasteiger partial charge in [-0.3, -0.25) is 4.79 Å². The molecule has 0 aromatic heterocycles. The van der Waals surface area contributed by atoms with Gasteiger partial charge in [-0.05, 0) is 12.0 Å². The molecule has 0 N–H and O–H groups in total. The van der Waals surface area contributed by atoms with Gasteiger partial charge in [-0.25, -0.2) is 0 Å². The third-order valence-electron chi connectivity index (χ3n) is 5.70. The zero-order chi connectivity index (χ0) is 25.1. The predicted octanol–water partition coefficient (Wildman–Crippen LogP) is 6.50. The van der Waals surface area contributed by atoms with Crippen LogP contribution in [-0.4, -0.2) is 58.8 Å². The number of hydrogen-bond acceptors (Lipinski definition) is 6. The molecular formula is C29H50O6. The SMILES string of the molecule is CCCCCCCCCCCCCC(=O)OCCOCCOCCOCCOCc1ccccc1. The zero-order valence-electron chi connectivity index (χ0n) is 22.2. The van der Waals surface area contributed by atoms with Crippen LogP contribution in [0, 0.1) is 0 Å². The number of hydrogen-bond donors (Lipinski definition) is 0. The molecule has 0 saturated carbocycles. The number of carbonyl (C=O) groups excluding carboxylic acids is 1. The molecule has 0 fully saturated rings. The number of ether oxygens (including phenoxy) is 5. The molecule has 0 heterocycles. The van der Waals surface area contributed by atoms with Crippen LogP contribution in [0.25, 0.3) is 0 Å².